The van der Waals surface area contributed by atoms with Gasteiger partial charge in [-0.25, -0.2) is 13.1 Å². The molecule has 22 heavy (non-hydrogen) atoms. The Labute approximate surface area is 133 Å². The van der Waals surface area contributed by atoms with Crippen molar-refractivity contribution in [3.63, 3.8) is 0 Å². The Morgan fingerprint density at radius 2 is 2.09 bits per heavy atom. The predicted molar refractivity (Wildman–Crippen MR) is 87.8 cm³/mol. The fourth-order valence-electron chi connectivity index (χ4n) is 2.58. The second kappa shape index (κ2) is 7.44. The highest BCUT2D eigenvalue weighted by Gasteiger charge is 2.21. The van der Waals surface area contributed by atoms with Crippen molar-refractivity contribution in [2.75, 3.05) is 13.1 Å². The van der Waals surface area contributed by atoms with Gasteiger partial charge in [0.2, 0.25) is 10.0 Å². The van der Waals surface area contributed by atoms with Crippen molar-refractivity contribution in [2.45, 2.75) is 57.1 Å². The predicted octanol–water partition coefficient (Wildman–Crippen LogP) is 2.20. The van der Waals surface area contributed by atoms with E-state index in [9.17, 15) is 8.42 Å². The number of aryl methyl sites for hydroxylation is 1. The average Bonchev–Trinajstić information content (AvgIpc) is 2.68. The van der Waals surface area contributed by atoms with Crippen molar-refractivity contribution in [3.05, 3.63) is 23.8 Å². The summed E-state index contributed by atoms with van der Waals surface area (Å²) in [4.78, 5) is 0.297. The molecular weight excluding hydrogens is 300 g/mol. The molecule has 1 saturated heterocycles. The summed E-state index contributed by atoms with van der Waals surface area (Å²) in [5.74, 6) is 0.727. The fraction of sp³-hybridized carbons (Fsp3) is 0.625. The molecule has 1 aliphatic heterocycles. The quantitative estimate of drug-likeness (QED) is 0.870. The SMILES string of the molecule is Cc1cc(S(=O)(=O)NC2CCCCNC2)ccc1OC(C)C. The number of benzene rings is 1. The van der Waals surface area contributed by atoms with Gasteiger partial charge in [-0.15, -0.1) is 0 Å². The van der Waals surface area contributed by atoms with E-state index in [0.29, 0.717) is 11.4 Å². The van der Waals surface area contributed by atoms with Crippen molar-refractivity contribution < 1.29 is 13.2 Å². The first kappa shape index (κ1) is 17.2. The standard InChI is InChI=1S/C16H26N2O3S/c1-12(2)21-16-8-7-15(10-13(16)3)22(19,20)18-14-6-4-5-9-17-11-14/h7-8,10,12,14,17-18H,4-6,9,11H2,1-3H3. The van der Waals surface area contributed by atoms with Gasteiger partial charge in [0.15, 0.2) is 0 Å². The van der Waals surface area contributed by atoms with Crippen molar-refractivity contribution in [3.8, 4) is 5.75 Å². The van der Waals surface area contributed by atoms with E-state index in [0.717, 1.165) is 37.1 Å². The number of hydrogen-bond acceptors (Lipinski definition) is 4. The molecule has 1 aromatic rings. The van der Waals surface area contributed by atoms with Gasteiger partial charge in [0, 0.05) is 12.6 Å². The lowest BCUT2D eigenvalue weighted by Crippen LogP contribution is -2.40. The molecule has 1 aromatic carbocycles. The van der Waals surface area contributed by atoms with Gasteiger partial charge in [0.1, 0.15) is 5.75 Å². The second-order valence-corrected chi connectivity index (χ2v) is 7.83. The average molecular weight is 326 g/mol. The van der Waals surface area contributed by atoms with Crippen LogP contribution in [0.1, 0.15) is 38.7 Å². The number of rotatable bonds is 5. The van der Waals surface area contributed by atoms with Crippen LogP contribution in [0.2, 0.25) is 0 Å². The summed E-state index contributed by atoms with van der Waals surface area (Å²) in [6.07, 6.45) is 3.08. The molecule has 2 N–H and O–H groups in total. The van der Waals surface area contributed by atoms with Gasteiger partial charge in [0.05, 0.1) is 11.0 Å². The van der Waals surface area contributed by atoms with E-state index in [1.54, 1.807) is 18.2 Å². The molecule has 1 fully saturated rings. The first-order chi connectivity index (χ1) is 10.4. The smallest absolute Gasteiger partial charge is 0.240 e. The van der Waals surface area contributed by atoms with Crippen molar-refractivity contribution in [1.29, 1.82) is 0 Å². The van der Waals surface area contributed by atoms with Crippen molar-refractivity contribution in [2.24, 2.45) is 0 Å². The largest absolute Gasteiger partial charge is 0.491 e. The number of ether oxygens (including phenoxy) is 1. The Morgan fingerprint density at radius 1 is 1.32 bits per heavy atom. The third-order valence-electron chi connectivity index (χ3n) is 3.69. The van der Waals surface area contributed by atoms with E-state index >= 15 is 0 Å². The first-order valence-corrected chi connectivity index (χ1v) is 9.37. The molecule has 5 nitrogen and oxygen atoms in total. The monoisotopic (exact) mass is 326 g/mol. The molecule has 0 aromatic heterocycles. The van der Waals surface area contributed by atoms with Crippen molar-refractivity contribution in [1.82, 2.24) is 10.0 Å². The number of sulfonamides is 1. The summed E-state index contributed by atoms with van der Waals surface area (Å²) in [5, 5.41) is 3.27. The lowest BCUT2D eigenvalue weighted by molar-refractivity contribution is 0.240. The Morgan fingerprint density at radius 3 is 2.77 bits per heavy atom. The van der Waals surface area contributed by atoms with Gasteiger partial charge < -0.3 is 10.1 Å². The topological polar surface area (TPSA) is 67.4 Å². The Bertz CT molecular complexity index is 591. The summed E-state index contributed by atoms with van der Waals surface area (Å²) < 4.78 is 33.5. The summed E-state index contributed by atoms with van der Waals surface area (Å²) in [6, 6.07) is 4.97. The molecule has 0 saturated carbocycles. The van der Waals surface area contributed by atoms with E-state index in [-0.39, 0.29) is 12.1 Å². The molecule has 1 heterocycles. The highest BCUT2D eigenvalue weighted by Crippen LogP contribution is 2.23. The van der Waals surface area contributed by atoms with Crippen LogP contribution in [0, 0.1) is 6.92 Å². The lowest BCUT2D eigenvalue weighted by Gasteiger charge is -2.18. The van der Waals surface area contributed by atoms with Crippen LogP contribution in [0.25, 0.3) is 0 Å². The molecule has 0 aliphatic carbocycles. The summed E-state index contributed by atoms with van der Waals surface area (Å²) in [6.45, 7) is 7.41. The Kier molecular flexibility index (Phi) is 5.83. The molecule has 0 bridgehead atoms. The first-order valence-electron chi connectivity index (χ1n) is 7.89. The van der Waals surface area contributed by atoms with Crippen LogP contribution in [0.4, 0.5) is 0 Å². The Balaban J connectivity index is 2.13. The molecular formula is C16H26N2O3S. The molecule has 1 aliphatic rings. The van der Waals surface area contributed by atoms with Crippen LogP contribution in [0.5, 0.6) is 5.75 Å². The molecule has 1 atom stereocenters. The van der Waals surface area contributed by atoms with Crippen LogP contribution < -0.4 is 14.8 Å². The van der Waals surface area contributed by atoms with Crippen LogP contribution in [0.15, 0.2) is 23.1 Å². The van der Waals surface area contributed by atoms with Gasteiger partial charge in [-0.2, -0.15) is 0 Å². The van der Waals surface area contributed by atoms with Crippen LogP contribution in [-0.2, 0) is 10.0 Å². The Hall–Kier alpha value is -1.11. The minimum absolute atomic E-state index is 0.0422. The van der Waals surface area contributed by atoms with E-state index in [2.05, 4.69) is 10.0 Å². The van der Waals surface area contributed by atoms with Gasteiger partial charge >= 0.3 is 0 Å². The van der Waals surface area contributed by atoms with Gasteiger partial charge in [-0.05, 0) is 63.9 Å². The maximum absolute atomic E-state index is 12.5. The fourth-order valence-corrected chi connectivity index (χ4v) is 3.94. The summed E-state index contributed by atoms with van der Waals surface area (Å²) >= 11 is 0. The van der Waals surface area contributed by atoms with Gasteiger partial charge in [-0.3, -0.25) is 0 Å². The third kappa shape index (κ3) is 4.69. The zero-order valence-electron chi connectivity index (χ0n) is 13.6. The van der Waals surface area contributed by atoms with Crippen LogP contribution in [0.3, 0.4) is 0 Å². The van der Waals surface area contributed by atoms with Crippen LogP contribution >= 0.6 is 0 Å². The maximum atomic E-state index is 12.5. The zero-order chi connectivity index (χ0) is 16.2. The molecule has 2 rings (SSSR count). The zero-order valence-corrected chi connectivity index (χ0v) is 14.4. The molecule has 0 radical (unpaired) electrons. The molecule has 6 heteroatoms. The molecule has 0 spiro atoms. The minimum atomic E-state index is -3.49. The summed E-state index contributed by atoms with van der Waals surface area (Å²) in [7, 11) is -3.49. The van der Waals surface area contributed by atoms with E-state index < -0.39 is 10.0 Å². The molecule has 124 valence electrons. The van der Waals surface area contributed by atoms with Gasteiger partial charge in [-0.1, -0.05) is 6.42 Å². The van der Waals surface area contributed by atoms with Gasteiger partial charge in [0.25, 0.3) is 0 Å². The van der Waals surface area contributed by atoms with E-state index in [1.807, 2.05) is 20.8 Å². The molecule has 1 unspecified atom stereocenters. The molecule has 0 amide bonds. The van der Waals surface area contributed by atoms with E-state index in [4.69, 9.17) is 4.74 Å². The lowest BCUT2D eigenvalue weighted by atomic mass is 10.2. The maximum Gasteiger partial charge on any atom is 0.240 e. The minimum Gasteiger partial charge on any atom is -0.491 e. The van der Waals surface area contributed by atoms with E-state index in [1.165, 1.54) is 0 Å². The highest BCUT2D eigenvalue weighted by atomic mass is 32.2. The normalized spacial score (nSPS) is 19.9. The number of nitrogens with one attached hydrogen (secondary N) is 2. The number of hydrogen-bond donors (Lipinski definition) is 2. The van der Waals surface area contributed by atoms with Crippen molar-refractivity contribution >= 4 is 10.0 Å². The van der Waals surface area contributed by atoms with Crippen LogP contribution in [-0.4, -0.2) is 33.7 Å². The third-order valence-corrected chi connectivity index (χ3v) is 5.21. The highest BCUT2D eigenvalue weighted by molar-refractivity contribution is 7.89. The second-order valence-electron chi connectivity index (χ2n) is 6.11. The summed E-state index contributed by atoms with van der Waals surface area (Å²) in [5.41, 5.74) is 0.829.